The van der Waals surface area contributed by atoms with E-state index in [9.17, 15) is 9.18 Å². The Kier molecular flexibility index (Phi) is 6.64. The number of aromatic nitrogens is 1. The number of ether oxygens (including phenoxy) is 1. The van der Waals surface area contributed by atoms with Gasteiger partial charge in [0.2, 0.25) is 0 Å². The van der Waals surface area contributed by atoms with Crippen LogP contribution in [0.4, 0.5) is 20.7 Å². The monoisotopic (exact) mass is 380 g/mol. The lowest BCUT2D eigenvalue weighted by Crippen LogP contribution is -2.28. The van der Waals surface area contributed by atoms with Crippen LogP contribution in [0.5, 0.6) is 0 Å². The molecule has 144 valence electrons. The van der Waals surface area contributed by atoms with Crippen molar-refractivity contribution >= 4 is 29.3 Å². The van der Waals surface area contributed by atoms with Crippen molar-refractivity contribution in [3.8, 4) is 0 Å². The molecule has 3 rings (SSSR count). The van der Waals surface area contributed by atoms with E-state index >= 15 is 0 Å². The maximum absolute atomic E-state index is 14.0. The lowest BCUT2D eigenvalue weighted by atomic mass is 10.1. The van der Waals surface area contributed by atoms with Gasteiger partial charge >= 0.3 is 6.03 Å². The molecule has 0 atom stereocenters. The molecule has 0 saturated heterocycles. The van der Waals surface area contributed by atoms with Crippen LogP contribution in [-0.2, 0) is 11.3 Å². The van der Waals surface area contributed by atoms with Crippen molar-refractivity contribution in [3.63, 3.8) is 0 Å². The van der Waals surface area contributed by atoms with Crippen molar-refractivity contribution in [3.05, 3.63) is 72.2 Å². The molecule has 0 fully saturated rings. The second-order valence-electron chi connectivity index (χ2n) is 6.03. The van der Waals surface area contributed by atoms with Crippen molar-refractivity contribution in [1.82, 2.24) is 10.3 Å². The topological polar surface area (TPSA) is 75.6 Å². The van der Waals surface area contributed by atoms with Crippen molar-refractivity contribution in [2.45, 2.75) is 13.0 Å². The summed E-state index contributed by atoms with van der Waals surface area (Å²) in [6.07, 6.45) is 5.65. The van der Waals surface area contributed by atoms with Crippen LogP contribution in [0.1, 0.15) is 17.7 Å². The number of halogens is 1. The van der Waals surface area contributed by atoms with Gasteiger partial charge in [0.1, 0.15) is 17.3 Å². The van der Waals surface area contributed by atoms with Crippen LogP contribution >= 0.6 is 0 Å². The number of amides is 2. The molecule has 2 aromatic rings. The van der Waals surface area contributed by atoms with Crippen LogP contribution in [-0.4, -0.2) is 30.4 Å². The summed E-state index contributed by atoms with van der Waals surface area (Å²) in [5.41, 5.74) is 2.64. The third-order valence-electron chi connectivity index (χ3n) is 4.10. The Morgan fingerprint density at radius 2 is 2.18 bits per heavy atom. The molecule has 0 bridgehead atoms. The fraction of sp³-hybridized carbons (Fsp3) is 0.190. The fourth-order valence-electron chi connectivity index (χ4n) is 2.75. The van der Waals surface area contributed by atoms with E-state index in [0.29, 0.717) is 24.6 Å². The van der Waals surface area contributed by atoms with Crippen LogP contribution in [0.2, 0.25) is 0 Å². The summed E-state index contributed by atoms with van der Waals surface area (Å²) in [6, 6.07) is 9.61. The van der Waals surface area contributed by atoms with Gasteiger partial charge in [-0.05, 0) is 35.8 Å². The molecule has 0 unspecified atom stereocenters. The number of pyridine rings is 1. The second kappa shape index (κ2) is 9.57. The molecule has 1 aromatic heterocycles. The van der Waals surface area contributed by atoms with Crippen LogP contribution < -0.4 is 10.6 Å². The molecule has 2 N–H and O–H groups in total. The van der Waals surface area contributed by atoms with E-state index in [1.54, 1.807) is 18.2 Å². The predicted octanol–water partition coefficient (Wildman–Crippen LogP) is 4.23. The van der Waals surface area contributed by atoms with Crippen molar-refractivity contribution in [1.29, 1.82) is 0 Å². The van der Waals surface area contributed by atoms with E-state index in [1.165, 1.54) is 18.4 Å². The summed E-state index contributed by atoms with van der Waals surface area (Å²) in [5, 5.41) is 5.40. The highest BCUT2D eigenvalue weighted by molar-refractivity contribution is 5.88. The molecule has 0 saturated carbocycles. The Bertz CT molecular complexity index is 924. The molecule has 6 nitrogen and oxygen atoms in total. The van der Waals surface area contributed by atoms with Gasteiger partial charge in [0.15, 0.2) is 0 Å². The number of rotatable bonds is 6. The van der Waals surface area contributed by atoms with Crippen LogP contribution in [0, 0.1) is 5.82 Å². The number of allylic oxidation sites excluding steroid dienone is 1. The van der Waals surface area contributed by atoms with Gasteiger partial charge in [-0.3, -0.25) is 10.3 Å². The van der Waals surface area contributed by atoms with E-state index < -0.39 is 11.8 Å². The Morgan fingerprint density at radius 1 is 1.32 bits per heavy atom. The summed E-state index contributed by atoms with van der Waals surface area (Å²) in [5.74, 6) is -0.0246. The van der Waals surface area contributed by atoms with E-state index in [-0.39, 0.29) is 12.2 Å². The quantitative estimate of drug-likeness (QED) is 0.736. The third-order valence-corrected chi connectivity index (χ3v) is 4.10. The molecule has 0 aliphatic carbocycles. The molecule has 1 aliphatic heterocycles. The third kappa shape index (κ3) is 5.11. The van der Waals surface area contributed by atoms with E-state index in [1.807, 2.05) is 18.2 Å². The Morgan fingerprint density at radius 3 is 2.96 bits per heavy atom. The summed E-state index contributed by atoms with van der Waals surface area (Å²) in [6.45, 7) is 4.88. The minimum absolute atomic E-state index is 0.121. The zero-order chi connectivity index (χ0) is 19.8. The average molecular weight is 380 g/mol. The first-order chi connectivity index (χ1) is 13.7. The predicted molar refractivity (Wildman–Crippen MR) is 108 cm³/mol. The summed E-state index contributed by atoms with van der Waals surface area (Å²) in [4.78, 5) is 20.7. The number of hydrogen-bond acceptors (Lipinski definition) is 4. The van der Waals surface area contributed by atoms with Gasteiger partial charge in [0.25, 0.3) is 0 Å². The Hall–Kier alpha value is -3.32. The summed E-state index contributed by atoms with van der Waals surface area (Å²) in [7, 11) is 0. The Labute approximate surface area is 162 Å². The zero-order valence-electron chi connectivity index (χ0n) is 15.3. The fourth-order valence-corrected chi connectivity index (χ4v) is 2.75. The minimum Gasteiger partial charge on any atom is -0.377 e. The van der Waals surface area contributed by atoms with Gasteiger partial charge in [-0.25, -0.2) is 14.2 Å². The molecule has 0 spiro atoms. The highest BCUT2D eigenvalue weighted by atomic mass is 19.1. The van der Waals surface area contributed by atoms with Gasteiger partial charge in [-0.2, -0.15) is 0 Å². The van der Waals surface area contributed by atoms with E-state index in [4.69, 9.17) is 4.74 Å². The second-order valence-corrected chi connectivity index (χ2v) is 6.03. The molecule has 28 heavy (non-hydrogen) atoms. The largest absolute Gasteiger partial charge is 0.377 e. The van der Waals surface area contributed by atoms with E-state index in [2.05, 4.69) is 27.2 Å². The molecule has 7 heteroatoms. The molecule has 1 aromatic carbocycles. The number of carbonyl (C=O) groups is 1. The van der Waals surface area contributed by atoms with Gasteiger partial charge in [-0.15, -0.1) is 0 Å². The minimum atomic E-state index is -0.461. The average Bonchev–Trinajstić information content (AvgIpc) is 2.72. The maximum Gasteiger partial charge on any atom is 0.320 e. The molecule has 2 amide bonds. The van der Waals surface area contributed by atoms with Gasteiger partial charge in [0, 0.05) is 12.8 Å². The first-order valence-electron chi connectivity index (χ1n) is 8.89. The highest BCUT2D eigenvalue weighted by Crippen LogP contribution is 2.23. The highest BCUT2D eigenvalue weighted by Gasteiger charge is 2.11. The number of urea groups is 1. The summed E-state index contributed by atoms with van der Waals surface area (Å²) >= 11 is 0. The summed E-state index contributed by atoms with van der Waals surface area (Å²) < 4.78 is 19.3. The van der Waals surface area contributed by atoms with Crippen LogP contribution in [0.15, 0.2) is 60.1 Å². The number of aliphatic imine (C=N–C) groups is 1. The molecule has 0 radical (unpaired) electrons. The normalized spacial score (nSPS) is 13.8. The number of nitrogens with one attached hydrogen (secondary N) is 2. The number of anilines is 1. The zero-order valence-corrected chi connectivity index (χ0v) is 15.3. The van der Waals surface area contributed by atoms with Gasteiger partial charge in [0.05, 0.1) is 18.9 Å². The standard InChI is InChI=1S/C21H21FN4O2/c1-2-11-23-20-16(5-3-6-17(20)22)14-24-21(27)26-19-8-4-7-18(25-19)15-9-12-28-13-10-15/h2-9,11H,1,10,12-14H2,(H2,24,25,26,27). The molecule has 1 aliphatic rings. The molecular weight excluding hydrogens is 359 g/mol. The number of para-hydroxylation sites is 1. The van der Waals surface area contributed by atoms with Crippen molar-refractivity contribution in [2.75, 3.05) is 18.5 Å². The first kappa shape index (κ1) is 19.4. The van der Waals surface area contributed by atoms with E-state index in [0.717, 1.165) is 17.7 Å². The molecular formula is C21H21FN4O2. The number of nitrogens with zero attached hydrogens (tertiary/aromatic N) is 2. The van der Waals surface area contributed by atoms with Crippen LogP contribution in [0.3, 0.4) is 0 Å². The van der Waals surface area contributed by atoms with Crippen molar-refractivity contribution < 1.29 is 13.9 Å². The van der Waals surface area contributed by atoms with Crippen LogP contribution in [0.25, 0.3) is 5.57 Å². The number of hydrogen-bond donors (Lipinski definition) is 2. The van der Waals surface area contributed by atoms with Crippen molar-refractivity contribution in [2.24, 2.45) is 4.99 Å². The first-order valence-corrected chi connectivity index (χ1v) is 8.89. The number of benzene rings is 1. The Balaban J connectivity index is 1.64. The lowest BCUT2D eigenvalue weighted by molar-refractivity contribution is 0.161. The smallest absolute Gasteiger partial charge is 0.320 e. The molecule has 2 heterocycles. The SMILES string of the molecule is C=CC=Nc1c(F)cccc1CNC(=O)Nc1cccc(C2=CCOCC2)n1. The van der Waals surface area contributed by atoms with Gasteiger partial charge < -0.3 is 10.1 Å². The maximum atomic E-state index is 14.0. The lowest BCUT2D eigenvalue weighted by Gasteiger charge is -2.14. The van der Waals surface area contributed by atoms with Gasteiger partial charge in [-0.1, -0.05) is 36.9 Å². The number of carbonyl (C=O) groups excluding carboxylic acids is 1.